The first-order valence-electron chi connectivity index (χ1n) is 8.09. The Kier molecular flexibility index (Phi) is 4.23. The summed E-state index contributed by atoms with van der Waals surface area (Å²) in [5, 5.41) is 11.5. The van der Waals surface area contributed by atoms with E-state index in [1.165, 1.54) is 6.20 Å². The Labute approximate surface area is 152 Å². The molecule has 0 atom stereocenters. The molecule has 4 aromatic rings. The Balaban J connectivity index is 1.64. The maximum absolute atomic E-state index is 12.7. The van der Waals surface area contributed by atoms with Crippen molar-refractivity contribution in [2.45, 2.75) is 12.6 Å². The third-order valence-electron chi connectivity index (χ3n) is 3.87. The summed E-state index contributed by atoms with van der Waals surface area (Å²) in [6.45, 7) is 0. The zero-order valence-corrected chi connectivity index (χ0v) is 13.9. The fourth-order valence-electron chi connectivity index (χ4n) is 2.69. The van der Waals surface area contributed by atoms with Crippen LogP contribution in [-0.2, 0) is 6.42 Å². The summed E-state index contributed by atoms with van der Waals surface area (Å²) in [5.41, 5.74) is 1.68. The SMILES string of the molecule is FC(F)(F)Cc1nnc2c(-c3ccc(Oc4ccccc4)cc3)ccnn12. The zero-order chi connectivity index (χ0) is 18.9. The number of hydrogen-bond acceptors (Lipinski definition) is 4. The van der Waals surface area contributed by atoms with Crippen LogP contribution in [0.15, 0.2) is 66.9 Å². The van der Waals surface area contributed by atoms with Crippen molar-refractivity contribution in [3.8, 4) is 22.6 Å². The lowest BCUT2D eigenvalue weighted by molar-refractivity contribution is -0.128. The Morgan fingerprint density at radius 1 is 0.852 bits per heavy atom. The van der Waals surface area contributed by atoms with E-state index in [0.717, 1.165) is 10.1 Å². The number of ether oxygens (including phenoxy) is 1. The summed E-state index contributed by atoms with van der Waals surface area (Å²) in [6.07, 6.45) is -4.13. The highest BCUT2D eigenvalue weighted by Crippen LogP contribution is 2.28. The molecule has 0 radical (unpaired) electrons. The molecule has 27 heavy (non-hydrogen) atoms. The lowest BCUT2D eigenvalue weighted by Gasteiger charge is -2.08. The molecule has 2 aromatic heterocycles. The molecule has 4 rings (SSSR count). The Hall–Kier alpha value is -3.42. The number of aromatic nitrogens is 4. The minimum atomic E-state index is -4.38. The highest BCUT2D eigenvalue weighted by Gasteiger charge is 2.31. The number of benzene rings is 2. The van der Waals surface area contributed by atoms with Crippen molar-refractivity contribution in [1.29, 1.82) is 0 Å². The van der Waals surface area contributed by atoms with Crippen molar-refractivity contribution in [3.05, 3.63) is 72.7 Å². The maximum Gasteiger partial charge on any atom is 0.396 e. The van der Waals surface area contributed by atoms with Crippen molar-refractivity contribution in [1.82, 2.24) is 19.8 Å². The molecule has 0 unspecified atom stereocenters. The molecule has 0 N–H and O–H groups in total. The average molecular weight is 370 g/mol. The van der Waals surface area contributed by atoms with E-state index < -0.39 is 12.6 Å². The second-order valence-electron chi connectivity index (χ2n) is 5.83. The highest BCUT2D eigenvalue weighted by atomic mass is 19.4. The molecular formula is C19H13F3N4O. The molecular weight excluding hydrogens is 357 g/mol. The Bertz CT molecular complexity index is 1060. The van der Waals surface area contributed by atoms with Gasteiger partial charge in [-0.05, 0) is 35.9 Å². The second-order valence-corrected chi connectivity index (χ2v) is 5.83. The van der Waals surface area contributed by atoms with Crippen LogP contribution in [0, 0.1) is 0 Å². The van der Waals surface area contributed by atoms with Crippen molar-refractivity contribution < 1.29 is 17.9 Å². The molecule has 0 bridgehead atoms. The van der Waals surface area contributed by atoms with E-state index in [-0.39, 0.29) is 11.5 Å². The van der Waals surface area contributed by atoms with Crippen LogP contribution in [0.2, 0.25) is 0 Å². The van der Waals surface area contributed by atoms with Gasteiger partial charge in [0.2, 0.25) is 0 Å². The van der Waals surface area contributed by atoms with E-state index >= 15 is 0 Å². The average Bonchev–Trinajstić information content (AvgIpc) is 3.05. The molecule has 8 heteroatoms. The minimum Gasteiger partial charge on any atom is -0.457 e. The van der Waals surface area contributed by atoms with Crippen LogP contribution in [0.25, 0.3) is 16.8 Å². The van der Waals surface area contributed by atoms with Crippen LogP contribution in [-0.4, -0.2) is 26.0 Å². The van der Waals surface area contributed by atoms with Crippen LogP contribution in [0.4, 0.5) is 13.2 Å². The highest BCUT2D eigenvalue weighted by molar-refractivity contribution is 5.77. The summed E-state index contributed by atoms with van der Waals surface area (Å²) in [5.74, 6) is 1.11. The topological polar surface area (TPSA) is 52.3 Å². The van der Waals surface area contributed by atoms with Gasteiger partial charge in [0.25, 0.3) is 0 Å². The fraction of sp³-hybridized carbons (Fsp3) is 0.105. The third-order valence-corrected chi connectivity index (χ3v) is 3.87. The Morgan fingerprint density at radius 3 is 2.26 bits per heavy atom. The predicted molar refractivity (Wildman–Crippen MR) is 92.5 cm³/mol. The molecule has 0 fully saturated rings. The van der Waals surface area contributed by atoms with Crippen LogP contribution in [0.5, 0.6) is 11.5 Å². The van der Waals surface area contributed by atoms with E-state index in [2.05, 4.69) is 15.3 Å². The molecule has 0 amide bonds. The van der Waals surface area contributed by atoms with Gasteiger partial charge in [-0.15, -0.1) is 10.2 Å². The summed E-state index contributed by atoms with van der Waals surface area (Å²) < 4.78 is 44.9. The normalized spacial score (nSPS) is 11.7. The number of hydrogen-bond donors (Lipinski definition) is 0. The lowest BCUT2D eigenvalue weighted by atomic mass is 10.1. The van der Waals surface area contributed by atoms with Gasteiger partial charge in [0.05, 0.1) is 0 Å². The van der Waals surface area contributed by atoms with Gasteiger partial charge in [0, 0.05) is 11.8 Å². The maximum atomic E-state index is 12.7. The summed E-state index contributed by atoms with van der Waals surface area (Å²) in [4.78, 5) is 0. The zero-order valence-electron chi connectivity index (χ0n) is 13.9. The van der Waals surface area contributed by atoms with Crippen LogP contribution in [0.1, 0.15) is 5.82 Å². The minimum absolute atomic E-state index is 0.247. The first-order valence-corrected chi connectivity index (χ1v) is 8.09. The van der Waals surface area contributed by atoms with Crippen molar-refractivity contribution in [2.75, 3.05) is 0 Å². The molecule has 0 saturated carbocycles. The van der Waals surface area contributed by atoms with Gasteiger partial charge in [0.15, 0.2) is 11.5 Å². The number of rotatable bonds is 4. The molecule has 2 heterocycles. The van der Waals surface area contributed by atoms with Gasteiger partial charge in [-0.1, -0.05) is 30.3 Å². The molecule has 136 valence electrons. The molecule has 0 aliphatic heterocycles. The standard InChI is InChI=1S/C19H13F3N4O/c20-19(21,22)12-17-24-25-18-16(10-11-23-26(17)18)13-6-8-15(9-7-13)27-14-4-2-1-3-5-14/h1-11H,12H2. The van der Waals surface area contributed by atoms with Crippen LogP contribution in [0.3, 0.4) is 0 Å². The fourth-order valence-corrected chi connectivity index (χ4v) is 2.69. The molecule has 0 spiro atoms. The first-order chi connectivity index (χ1) is 13.0. The predicted octanol–water partition coefficient (Wildman–Crippen LogP) is 4.69. The van der Waals surface area contributed by atoms with E-state index in [1.54, 1.807) is 18.2 Å². The Morgan fingerprint density at radius 2 is 1.56 bits per heavy atom. The van der Waals surface area contributed by atoms with Gasteiger partial charge in [0.1, 0.15) is 17.9 Å². The van der Waals surface area contributed by atoms with Gasteiger partial charge in [-0.3, -0.25) is 0 Å². The van der Waals surface area contributed by atoms with Crippen molar-refractivity contribution in [3.63, 3.8) is 0 Å². The molecule has 2 aromatic carbocycles. The lowest BCUT2D eigenvalue weighted by Crippen LogP contribution is -2.15. The van der Waals surface area contributed by atoms with Crippen molar-refractivity contribution >= 4 is 5.65 Å². The van der Waals surface area contributed by atoms with Crippen LogP contribution < -0.4 is 4.74 Å². The van der Waals surface area contributed by atoms with Crippen molar-refractivity contribution in [2.24, 2.45) is 0 Å². The summed E-state index contributed by atoms with van der Waals surface area (Å²) in [7, 11) is 0. The second kappa shape index (κ2) is 6.71. The van der Waals surface area contributed by atoms with Crippen LogP contribution >= 0.6 is 0 Å². The molecule has 0 saturated heterocycles. The van der Waals surface area contributed by atoms with Gasteiger partial charge < -0.3 is 4.74 Å². The number of para-hydroxylation sites is 1. The number of halogens is 3. The first kappa shape index (κ1) is 17.0. The van der Waals surface area contributed by atoms with Gasteiger partial charge in [-0.25, -0.2) is 0 Å². The molecule has 0 aliphatic rings. The smallest absolute Gasteiger partial charge is 0.396 e. The van der Waals surface area contributed by atoms with E-state index in [9.17, 15) is 13.2 Å². The van der Waals surface area contributed by atoms with Gasteiger partial charge in [-0.2, -0.15) is 22.8 Å². The largest absolute Gasteiger partial charge is 0.457 e. The number of fused-ring (bicyclic) bond motifs is 1. The molecule has 5 nitrogen and oxygen atoms in total. The number of alkyl halides is 3. The monoisotopic (exact) mass is 370 g/mol. The number of nitrogens with zero attached hydrogens (tertiary/aromatic N) is 4. The summed E-state index contributed by atoms with van der Waals surface area (Å²) >= 11 is 0. The van der Waals surface area contributed by atoms with E-state index in [1.807, 2.05) is 42.5 Å². The van der Waals surface area contributed by atoms with Gasteiger partial charge >= 0.3 is 6.18 Å². The van der Waals surface area contributed by atoms with E-state index in [0.29, 0.717) is 17.1 Å². The summed E-state index contributed by atoms with van der Waals surface area (Å²) in [6, 6.07) is 18.2. The molecule has 0 aliphatic carbocycles. The quantitative estimate of drug-likeness (QED) is 0.523. The van der Waals surface area contributed by atoms with E-state index in [4.69, 9.17) is 4.74 Å². The third kappa shape index (κ3) is 3.74.